The van der Waals surface area contributed by atoms with Gasteiger partial charge >= 0.3 is 6.03 Å². The maximum atomic E-state index is 12.0. The van der Waals surface area contributed by atoms with Crippen LogP contribution in [0.1, 0.15) is 16.7 Å². The molecule has 0 atom stereocenters. The van der Waals surface area contributed by atoms with Gasteiger partial charge in [-0.25, -0.2) is 4.79 Å². The molecule has 0 saturated heterocycles. The minimum Gasteiger partial charge on any atom is -0.308 e. The average Bonchev–Trinajstić information content (AvgIpc) is 2.46. The number of hydrogen-bond acceptors (Lipinski definition) is 2. The molecule has 2 aromatic carbocycles. The Morgan fingerprint density at radius 3 is 2.48 bits per heavy atom. The van der Waals surface area contributed by atoms with Gasteiger partial charge in [0.1, 0.15) is 0 Å². The monoisotopic (exact) mass is 279 g/mol. The van der Waals surface area contributed by atoms with Crippen molar-refractivity contribution in [3.8, 4) is 6.07 Å². The molecule has 2 N–H and O–H groups in total. The molecule has 0 aliphatic carbocycles. The number of nitriles is 1. The first kappa shape index (κ1) is 14.6. The minimum atomic E-state index is -0.281. The quantitative estimate of drug-likeness (QED) is 0.891. The Bertz CT molecular complexity index is 684. The van der Waals surface area contributed by atoms with Crippen molar-refractivity contribution in [1.82, 2.24) is 0 Å². The van der Waals surface area contributed by atoms with Crippen molar-refractivity contribution < 1.29 is 4.79 Å². The number of anilines is 2. The second-order valence-corrected chi connectivity index (χ2v) is 4.86. The second-order valence-electron chi connectivity index (χ2n) is 4.86. The predicted molar refractivity (Wildman–Crippen MR) is 84.3 cm³/mol. The molecule has 0 fully saturated rings. The summed E-state index contributed by atoms with van der Waals surface area (Å²) < 4.78 is 0. The van der Waals surface area contributed by atoms with Crippen LogP contribution in [-0.2, 0) is 6.42 Å². The van der Waals surface area contributed by atoms with E-state index in [9.17, 15) is 4.79 Å². The Morgan fingerprint density at radius 1 is 1.10 bits per heavy atom. The summed E-state index contributed by atoms with van der Waals surface area (Å²) in [5.74, 6) is 0. The molecule has 4 heteroatoms. The molecule has 0 radical (unpaired) electrons. The molecule has 0 aliphatic rings. The lowest BCUT2D eigenvalue weighted by atomic mass is 10.1. The Labute approximate surface area is 124 Å². The molecule has 0 spiro atoms. The summed E-state index contributed by atoms with van der Waals surface area (Å²) in [6, 6.07) is 14.8. The van der Waals surface area contributed by atoms with Crippen molar-refractivity contribution in [1.29, 1.82) is 5.26 Å². The van der Waals surface area contributed by atoms with Crippen LogP contribution < -0.4 is 10.6 Å². The molecule has 4 nitrogen and oxygen atoms in total. The first-order valence-electron chi connectivity index (χ1n) is 6.70. The molecular weight excluding hydrogens is 262 g/mol. The van der Waals surface area contributed by atoms with Crippen molar-refractivity contribution in [3.63, 3.8) is 0 Å². The predicted octanol–water partition coefficient (Wildman–Crippen LogP) is 4.01. The largest absolute Gasteiger partial charge is 0.323 e. The summed E-state index contributed by atoms with van der Waals surface area (Å²) in [6.45, 7) is 3.98. The SMILES string of the molecule is Cc1cccc(NC(=O)Nc2ccc(CC#N)cc2)c1C. The molecule has 2 aromatic rings. The van der Waals surface area contributed by atoms with Gasteiger partial charge in [-0.2, -0.15) is 5.26 Å². The number of carbonyl (C=O) groups excluding carboxylic acids is 1. The van der Waals surface area contributed by atoms with Crippen LogP contribution in [-0.4, -0.2) is 6.03 Å². The van der Waals surface area contributed by atoms with Crippen molar-refractivity contribution >= 4 is 17.4 Å². The van der Waals surface area contributed by atoms with E-state index in [4.69, 9.17) is 5.26 Å². The number of nitrogens with one attached hydrogen (secondary N) is 2. The van der Waals surface area contributed by atoms with E-state index >= 15 is 0 Å². The Kier molecular flexibility index (Phi) is 4.57. The lowest BCUT2D eigenvalue weighted by Crippen LogP contribution is -2.20. The first-order chi connectivity index (χ1) is 10.1. The van der Waals surface area contributed by atoms with Crippen molar-refractivity contribution in [2.75, 3.05) is 10.6 Å². The van der Waals surface area contributed by atoms with E-state index in [1.165, 1.54) is 0 Å². The van der Waals surface area contributed by atoms with Gasteiger partial charge in [0.2, 0.25) is 0 Å². The van der Waals surface area contributed by atoms with E-state index in [0.29, 0.717) is 12.1 Å². The van der Waals surface area contributed by atoms with Gasteiger partial charge in [0.15, 0.2) is 0 Å². The molecule has 106 valence electrons. The molecule has 2 amide bonds. The number of aryl methyl sites for hydroxylation is 1. The van der Waals surface area contributed by atoms with E-state index in [2.05, 4.69) is 16.7 Å². The summed E-state index contributed by atoms with van der Waals surface area (Å²) in [5.41, 5.74) is 4.61. The fourth-order valence-electron chi connectivity index (χ4n) is 1.97. The van der Waals surface area contributed by atoms with Crippen LogP contribution in [0.15, 0.2) is 42.5 Å². The normalized spacial score (nSPS) is 9.76. The summed E-state index contributed by atoms with van der Waals surface area (Å²) >= 11 is 0. The summed E-state index contributed by atoms with van der Waals surface area (Å²) in [6.07, 6.45) is 0.370. The minimum absolute atomic E-state index is 0.281. The van der Waals surface area contributed by atoms with Crippen LogP contribution in [0.5, 0.6) is 0 Å². The van der Waals surface area contributed by atoms with Gasteiger partial charge in [-0.15, -0.1) is 0 Å². The number of carbonyl (C=O) groups is 1. The highest BCUT2D eigenvalue weighted by molar-refractivity contribution is 6.00. The van der Waals surface area contributed by atoms with Gasteiger partial charge in [0.25, 0.3) is 0 Å². The van der Waals surface area contributed by atoms with E-state index < -0.39 is 0 Å². The van der Waals surface area contributed by atoms with E-state index in [1.807, 2.05) is 44.2 Å². The molecule has 0 aromatic heterocycles. The summed E-state index contributed by atoms with van der Waals surface area (Å²) in [4.78, 5) is 12.0. The van der Waals surface area contributed by atoms with Crippen LogP contribution in [0, 0.1) is 25.2 Å². The van der Waals surface area contributed by atoms with Crippen LogP contribution in [0.3, 0.4) is 0 Å². The van der Waals surface area contributed by atoms with Gasteiger partial charge in [-0.3, -0.25) is 0 Å². The molecule has 0 bridgehead atoms. The summed E-state index contributed by atoms with van der Waals surface area (Å²) in [5, 5.41) is 14.2. The lowest BCUT2D eigenvalue weighted by molar-refractivity contribution is 0.262. The average molecular weight is 279 g/mol. The zero-order chi connectivity index (χ0) is 15.2. The Hall–Kier alpha value is -2.80. The molecule has 0 saturated carbocycles. The van der Waals surface area contributed by atoms with E-state index in [-0.39, 0.29) is 6.03 Å². The van der Waals surface area contributed by atoms with E-state index in [0.717, 1.165) is 22.4 Å². The van der Waals surface area contributed by atoms with Gasteiger partial charge in [0.05, 0.1) is 12.5 Å². The number of amides is 2. The molecule has 21 heavy (non-hydrogen) atoms. The molecular formula is C17H17N3O. The molecule has 0 heterocycles. The maximum absolute atomic E-state index is 12.0. The first-order valence-corrected chi connectivity index (χ1v) is 6.70. The van der Waals surface area contributed by atoms with Crippen molar-refractivity contribution in [2.24, 2.45) is 0 Å². The van der Waals surface area contributed by atoms with Crippen LogP contribution >= 0.6 is 0 Å². The molecule has 0 aliphatic heterocycles. The number of rotatable bonds is 3. The third kappa shape index (κ3) is 3.83. The van der Waals surface area contributed by atoms with Gasteiger partial charge in [-0.1, -0.05) is 24.3 Å². The zero-order valence-corrected chi connectivity index (χ0v) is 12.1. The highest BCUT2D eigenvalue weighted by Crippen LogP contribution is 2.18. The second kappa shape index (κ2) is 6.58. The number of hydrogen-bond donors (Lipinski definition) is 2. The maximum Gasteiger partial charge on any atom is 0.323 e. The Morgan fingerprint density at radius 2 is 1.81 bits per heavy atom. The van der Waals surface area contributed by atoms with Gasteiger partial charge in [-0.05, 0) is 48.7 Å². The number of urea groups is 1. The lowest BCUT2D eigenvalue weighted by Gasteiger charge is -2.11. The van der Waals surface area contributed by atoms with Crippen LogP contribution in [0.4, 0.5) is 16.2 Å². The van der Waals surface area contributed by atoms with Gasteiger partial charge < -0.3 is 10.6 Å². The van der Waals surface area contributed by atoms with E-state index in [1.54, 1.807) is 12.1 Å². The topological polar surface area (TPSA) is 64.9 Å². The van der Waals surface area contributed by atoms with Crippen LogP contribution in [0.2, 0.25) is 0 Å². The standard InChI is InChI=1S/C17H17N3O/c1-12-4-3-5-16(13(12)2)20-17(21)19-15-8-6-14(7-9-15)10-11-18/h3-9H,10H2,1-2H3,(H2,19,20,21). The number of benzene rings is 2. The smallest absolute Gasteiger partial charge is 0.308 e. The molecule has 2 rings (SSSR count). The van der Waals surface area contributed by atoms with Crippen LogP contribution in [0.25, 0.3) is 0 Å². The number of nitrogens with zero attached hydrogens (tertiary/aromatic N) is 1. The van der Waals surface area contributed by atoms with Crippen molar-refractivity contribution in [3.05, 3.63) is 59.2 Å². The fraction of sp³-hybridized carbons (Fsp3) is 0.176. The fourth-order valence-corrected chi connectivity index (χ4v) is 1.97. The highest BCUT2D eigenvalue weighted by Gasteiger charge is 2.06. The highest BCUT2D eigenvalue weighted by atomic mass is 16.2. The van der Waals surface area contributed by atoms with Gasteiger partial charge in [0, 0.05) is 11.4 Å². The third-order valence-corrected chi connectivity index (χ3v) is 3.35. The Balaban J connectivity index is 2.01. The summed E-state index contributed by atoms with van der Waals surface area (Å²) in [7, 11) is 0. The zero-order valence-electron chi connectivity index (χ0n) is 12.1. The molecule has 0 unspecified atom stereocenters. The van der Waals surface area contributed by atoms with Crippen molar-refractivity contribution in [2.45, 2.75) is 20.3 Å². The third-order valence-electron chi connectivity index (χ3n) is 3.35.